The van der Waals surface area contributed by atoms with Gasteiger partial charge in [-0.2, -0.15) is 13.2 Å². The molecule has 2 aliphatic heterocycles. The summed E-state index contributed by atoms with van der Waals surface area (Å²) in [4.78, 5) is 7.87. The molecule has 0 radical (unpaired) electrons. The summed E-state index contributed by atoms with van der Waals surface area (Å²) in [5, 5.41) is 4.16. The van der Waals surface area contributed by atoms with E-state index >= 15 is 0 Å². The number of nitrogens with zero attached hydrogens (tertiary/aromatic N) is 4. The first-order chi connectivity index (χ1) is 18.2. The summed E-state index contributed by atoms with van der Waals surface area (Å²) in [6.45, 7) is 2.01. The van der Waals surface area contributed by atoms with E-state index in [1.165, 1.54) is 7.11 Å². The average molecular weight is 620 g/mol. The number of halogens is 5. The average Bonchev–Trinajstić information content (AvgIpc) is 3.29. The number of pyridine rings is 1. The monoisotopic (exact) mass is 618 g/mol. The number of rotatable bonds is 6. The van der Waals surface area contributed by atoms with E-state index in [4.69, 9.17) is 35.3 Å². The molecule has 0 amide bonds. The zero-order chi connectivity index (χ0) is 27.0. The molecule has 6 atom stereocenters. The Morgan fingerprint density at radius 1 is 1.21 bits per heavy atom. The molecule has 9 nitrogen and oxygen atoms in total. The van der Waals surface area contributed by atoms with Crippen molar-refractivity contribution in [1.82, 2.24) is 19.7 Å². The summed E-state index contributed by atoms with van der Waals surface area (Å²) < 4.78 is 72.4. The van der Waals surface area contributed by atoms with Crippen LogP contribution < -0.4 is 0 Å². The highest BCUT2D eigenvalue weighted by Gasteiger charge is 2.51. The van der Waals surface area contributed by atoms with Gasteiger partial charge in [0.05, 0.1) is 29.5 Å². The van der Waals surface area contributed by atoms with Crippen LogP contribution in [0.4, 0.5) is 13.2 Å². The van der Waals surface area contributed by atoms with Gasteiger partial charge >= 0.3 is 6.18 Å². The fourth-order valence-corrected chi connectivity index (χ4v) is 5.19. The number of methoxy groups -OCH3 is 1. The van der Waals surface area contributed by atoms with Gasteiger partial charge in [0.1, 0.15) is 19.0 Å². The fraction of sp³-hybridized carbons (Fsp3) is 0.458. The Balaban J connectivity index is 1.52. The summed E-state index contributed by atoms with van der Waals surface area (Å²) in [6, 6.07) is 10.6. The van der Waals surface area contributed by atoms with E-state index in [1.54, 1.807) is 0 Å². The highest BCUT2D eigenvalue weighted by Crippen LogP contribution is 2.44. The first kappa shape index (κ1) is 27.4. The van der Waals surface area contributed by atoms with Crippen LogP contribution in [0.3, 0.4) is 0 Å². The van der Waals surface area contributed by atoms with Crippen LogP contribution in [0.1, 0.15) is 36.4 Å². The smallest absolute Gasteiger partial charge is 0.359 e. The summed E-state index contributed by atoms with van der Waals surface area (Å²) in [5.74, 6) is -0.240. The quantitative estimate of drug-likeness (QED) is 0.345. The van der Waals surface area contributed by atoms with Crippen molar-refractivity contribution in [2.24, 2.45) is 5.92 Å². The second-order valence-corrected chi connectivity index (χ2v) is 9.98. The van der Waals surface area contributed by atoms with Crippen molar-refractivity contribution in [3.8, 4) is 5.69 Å². The predicted molar refractivity (Wildman–Crippen MR) is 130 cm³/mol. The predicted octanol–water partition coefficient (Wildman–Crippen LogP) is 5.28. The molecule has 2 saturated heterocycles. The maximum atomic E-state index is 13.9. The van der Waals surface area contributed by atoms with Crippen LogP contribution in [-0.2, 0) is 29.9 Å². The maximum Gasteiger partial charge on any atom is 0.435 e. The lowest BCUT2D eigenvalue weighted by Gasteiger charge is -2.48. The van der Waals surface area contributed by atoms with Crippen LogP contribution in [0, 0.1) is 5.92 Å². The van der Waals surface area contributed by atoms with Gasteiger partial charge < -0.3 is 23.7 Å². The van der Waals surface area contributed by atoms with Crippen LogP contribution in [0.25, 0.3) is 5.69 Å². The SMILES string of the molecule is COCOC1C(C)[C@H]2OC(c3ccccc3)OCC2O[C@H]1c1nc(Br)nn1-c1cc(Cl)cnc1C(F)(F)F. The lowest BCUT2D eigenvalue weighted by Crippen LogP contribution is -2.56. The molecule has 0 aliphatic carbocycles. The Hall–Kier alpha value is -2.13. The van der Waals surface area contributed by atoms with Crippen molar-refractivity contribution in [1.29, 1.82) is 0 Å². The van der Waals surface area contributed by atoms with Crippen molar-refractivity contribution in [3.63, 3.8) is 0 Å². The largest absolute Gasteiger partial charge is 0.435 e. The Morgan fingerprint density at radius 3 is 2.68 bits per heavy atom. The Kier molecular flexibility index (Phi) is 8.06. The van der Waals surface area contributed by atoms with Crippen LogP contribution in [0.15, 0.2) is 47.3 Å². The molecule has 204 valence electrons. The first-order valence-electron chi connectivity index (χ1n) is 11.6. The van der Waals surface area contributed by atoms with Gasteiger partial charge in [-0.25, -0.2) is 14.6 Å². The van der Waals surface area contributed by atoms with Crippen molar-refractivity contribution < 1.29 is 36.9 Å². The zero-order valence-corrected chi connectivity index (χ0v) is 22.5. The van der Waals surface area contributed by atoms with Crippen LogP contribution in [-0.4, -0.2) is 58.6 Å². The number of fused-ring (bicyclic) bond motifs is 1. The molecule has 5 rings (SSSR count). The minimum Gasteiger partial charge on any atom is -0.359 e. The highest BCUT2D eigenvalue weighted by atomic mass is 79.9. The van der Waals surface area contributed by atoms with Gasteiger partial charge in [0.15, 0.2) is 17.8 Å². The topological polar surface area (TPSA) is 89.8 Å². The Labute approximate surface area is 229 Å². The van der Waals surface area contributed by atoms with Crippen molar-refractivity contribution in [2.75, 3.05) is 20.5 Å². The fourth-order valence-electron chi connectivity index (χ4n) is 4.70. The van der Waals surface area contributed by atoms with E-state index in [0.29, 0.717) is 0 Å². The molecule has 2 aromatic heterocycles. The molecule has 4 unspecified atom stereocenters. The van der Waals surface area contributed by atoms with E-state index < -0.39 is 48.3 Å². The molecular weight excluding hydrogens is 597 g/mol. The third kappa shape index (κ3) is 5.46. The third-order valence-corrected chi connectivity index (χ3v) is 6.90. The van der Waals surface area contributed by atoms with E-state index in [1.807, 2.05) is 37.3 Å². The molecule has 0 bridgehead atoms. The lowest BCUT2D eigenvalue weighted by atomic mass is 9.86. The van der Waals surface area contributed by atoms with E-state index in [0.717, 1.165) is 22.5 Å². The van der Waals surface area contributed by atoms with Crippen LogP contribution in [0.2, 0.25) is 5.02 Å². The molecule has 4 heterocycles. The van der Waals surface area contributed by atoms with Gasteiger partial charge in [-0.15, -0.1) is 5.10 Å². The normalized spacial score (nSPS) is 27.8. The number of ether oxygens (including phenoxy) is 5. The highest BCUT2D eigenvalue weighted by molar-refractivity contribution is 9.10. The summed E-state index contributed by atoms with van der Waals surface area (Å²) in [6.07, 6.45) is -7.12. The molecule has 3 aromatic rings. The standard InChI is InChI=1S/C24H23BrClF3N4O5/c1-12-17-16(10-35-22(38-17)13-6-4-3-5-7-13)37-19(18(12)36-11-34-2)21-31-23(25)32-33(21)15-8-14(26)9-30-20(15)24(27,28)29/h3-9,12,16-19,22H,10-11H2,1-2H3/t12?,16?,17-,18?,19-,22?/m1/s1. The third-order valence-electron chi connectivity index (χ3n) is 6.36. The van der Waals surface area contributed by atoms with Gasteiger partial charge in [0.25, 0.3) is 0 Å². The molecular formula is C24H23BrClF3N4O5. The Morgan fingerprint density at radius 2 is 1.97 bits per heavy atom. The second kappa shape index (κ2) is 11.2. The van der Waals surface area contributed by atoms with E-state index in [-0.39, 0.29) is 34.9 Å². The molecule has 14 heteroatoms. The minimum atomic E-state index is -4.77. The number of benzene rings is 1. The van der Waals surface area contributed by atoms with E-state index in [9.17, 15) is 13.2 Å². The molecule has 2 fully saturated rings. The molecule has 1 aromatic carbocycles. The van der Waals surface area contributed by atoms with Crippen molar-refractivity contribution >= 4 is 27.5 Å². The second-order valence-electron chi connectivity index (χ2n) is 8.84. The molecule has 0 N–H and O–H groups in total. The van der Waals surface area contributed by atoms with Gasteiger partial charge in [-0.1, -0.05) is 48.9 Å². The van der Waals surface area contributed by atoms with E-state index in [2.05, 4.69) is 31.0 Å². The van der Waals surface area contributed by atoms with Gasteiger partial charge in [-0.3, -0.25) is 0 Å². The summed E-state index contributed by atoms with van der Waals surface area (Å²) >= 11 is 9.21. The summed E-state index contributed by atoms with van der Waals surface area (Å²) in [7, 11) is 1.47. The van der Waals surface area contributed by atoms with Crippen LogP contribution in [0.5, 0.6) is 0 Å². The van der Waals surface area contributed by atoms with Gasteiger partial charge in [-0.05, 0) is 22.0 Å². The van der Waals surface area contributed by atoms with Gasteiger partial charge in [0, 0.05) is 24.8 Å². The number of hydrogen-bond acceptors (Lipinski definition) is 8. The molecule has 0 spiro atoms. The van der Waals surface area contributed by atoms with Crippen LogP contribution >= 0.6 is 27.5 Å². The number of alkyl halides is 3. The first-order valence-corrected chi connectivity index (χ1v) is 12.8. The zero-order valence-electron chi connectivity index (χ0n) is 20.1. The molecule has 0 saturated carbocycles. The summed E-state index contributed by atoms with van der Waals surface area (Å²) in [5.41, 5.74) is -0.722. The van der Waals surface area contributed by atoms with Crippen molar-refractivity contribution in [2.45, 2.75) is 43.8 Å². The van der Waals surface area contributed by atoms with Crippen molar-refractivity contribution in [3.05, 3.63) is 69.4 Å². The maximum absolute atomic E-state index is 13.9. The Bertz CT molecular complexity index is 1270. The number of hydrogen-bond donors (Lipinski definition) is 0. The lowest BCUT2D eigenvalue weighted by molar-refractivity contribution is -0.327. The molecule has 2 aliphatic rings. The number of aromatic nitrogens is 4. The molecule has 38 heavy (non-hydrogen) atoms. The van der Waals surface area contributed by atoms with Gasteiger partial charge in [0.2, 0.25) is 4.73 Å². The minimum absolute atomic E-state index is 0.00298.